The molecular weight excluding hydrogens is 361 g/mol. The average molecular weight is 375 g/mol. The second-order valence-corrected chi connectivity index (χ2v) is 5.62. The standard InChI is InChI=1S/C15H14BrClFNO2/c1-20-14-5-11(17)4-10(7-19)15(14)21-8-9-2-3-12(18)6-13(9)16/h2-6H,7-8,19H2,1H3. The van der Waals surface area contributed by atoms with Crippen LogP contribution in [0.1, 0.15) is 11.1 Å². The van der Waals surface area contributed by atoms with Gasteiger partial charge in [0.25, 0.3) is 0 Å². The Morgan fingerprint density at radius 1 is 1.24 bits per heavy atom. The van der Waals surface area contributed by atoms with E-state index in [4.69, 9.17) is 26.8 Å². The first-order valence-corrected chi connectivity index (χ1v) is 7.35. The lowest BCUT2D eigenvalue weighted by atomic mass is 10.2. The topological polar surface area (TPSA) is 44.5 Å². The summed E-state index contributed by atoms with van der Waals surface area (Å²) >= 11 is 9.31. The van der Waals surface area contributed by atoms with E-state index in [9.17, 15) is 4.39 Å². The summed E-state index contributed by atoms with van der Waals surface area (Å²) in [5, 5.41) is 0.530. The highest BCUT2D eigenvalue weighted by Crippen LogP contribution is 2.35. The lowest BCUT2D eigenvalue weighted by Gasteiger charge is -2.15. The first kappa shape index (κ1) is 16.1. The minimum absolute atomic E-state index is 0.256. The van der Waals surface area contributed by atoms with Crippen molar-refractivity contribution in [3.8, 4) is 11.5 Å². The van der Waals surface area contributed by atoms with Crippen molar-refractivity contribution in [1.82, 2.24) is 0 Å². The fourth-order valence-corrected chi connectivity index (χ4v) is 2.57. The van der Waals surface area contributed by atoms with E-state index in [1.165, 1.54) is 19.2 Å². The van der Waals surface area contributed by atoms with Gasteiger partial charge in [0, 0.05) is 33.2 Å². The Balaban J connectivity index is 2.26. The number of benzene rings is 2. The second-order valence-electron chi connectivity index (χ2n) is 4.32. The molecule has 0 aromatic heterocycles. The minimum Gasteiger partial charge on any atom is -0.493 e. The van der Waals surface area contributed by atoms with E-state index in [1.807, 2.05) is 0 Å². The van der Waals surface area contributed by atoms with E-state index >= 15 is 0 Å². The third kappa shape index (κ3) is 3.87. The number of rotatable bonds is 5. The molecule has 0 unspecified atom stereocenters. The van der Waals surface area contributed by atoms with Crippen LogP contribution in [0.2, 0.25) is 5.02 Å². The fraction of sp³-hybridized carbons (Fsp3) is 0.200. The molecule has 0 fully saturated rings. The van der Waals surface area contributed by atoms with Crippen LogP contribution < -0.4 is 15.2 Å². The molecule has 21 heavy (non-hydrogen) atoms. The molecule has 0 spiro atoms. The van der Waals surface area contributed by atoms with E-state index in [2.05, 4.69) is 15.9 Å². The van der Waals surface area contributed by atoms with Crippen molar-refractivity contribution in [1.29, 1.82) is 0 Å². The van der Waals surface area contributed by atoms with Crippen molar-refractivity contribution in [2.45, 2.75) is 13.2 Å². The second kappa shape index (κ2) is 7.11. The molecule has 0 aliphatic rings. The molecule has 0 saturated carbocycles. The van der Waals surface area contributed by atoms with Crippen molar-refractivity contribution in [2.75, 3.05) is 7.11 Å². The quantitative estimate of drug-likeness (QED) is 0.849. The highest BCUT2D eigenvalue weighted by Gasteiger charge is 2.13. The lowest BCUT2D eigenvalue weighted by molar-refractivity contribution is 0.281. The predicted octanol–water partition coefficient (Wildman–Crippen LogP) is 4.29. The lowest BCUT2D eigenvalue weighted by Crippen LogP contribution is -2.05. The zero-order valence-electron chi connectivity index (χ0n) is 11.3. The van der Waals surface area contributed by atoms with Gasteiger partial charge in [-0.15, -0.1) is 0 Å². The van der Waals surface area contributed by atoms with Gasteiger partial charge in [0.15, 0.2) is 11.5 Å². The largest absolute Gasteiger partial charge is 0.493 e. The number of nitrogens with two attached hydrogens (primary N) is 1. The minimum atomic E-state index is -0.308. The number of hydrogen-bond donors (Lipinski definition) is 1. The first-order valence-electron chi connectivity index (χ1n) is 6.18. The molecular formula is C15H14BrClFNO2. The van der Waals surface area contributed by atoms with Crippen molar-refractivity contribution in [2.24, 2.45) is 5.73 Å². The summed E-state index contributed by atoms with van der Waals surface area (Å²) in [5.41, 5.74) is 7.27. The SMILES string of the molecule is COc1cc(Cl)cc(CN)c1OCc1ccc(F)cc1Br. The molecule has 0 heterocycles. The molecule has 2 rings (SSSR count). The normalized spacial score (nSPS) is 10.5. The van der Waals surface area contributed by atoms with Crippen molar-refractivity contribution >= 4 is 27.5 Å². The Kier molecular flexibility index (Phi) is 5.45. The molecule has 0 atom stereocenters. The monoisotopic (exact) mass is 373 g/mol. The van der Waals surface area contributed by atoms with Crippen LogP contribution in [0.25, 0.3) is 0 Å². The summed E-state index contributed by atoms with van der Waals surface area (Å²) in [4.78, 5) is 0. The molecule has 0 aliphatic heterocycles. The van der Waals surface area contributed by atoms with Crippen LogP contribution in [0.5, 0.6) is 11.5 Å². The van der Waals surface area contributed by atoms with Gasteiger partial charge in [-0.3, -0.25) is 0 Å². The molecule has 112 valence electrons. The first-order chi connectivity index (χ1) is 10.0. The molecule has 0 saturated heterocycles. The summed E-state index contributed by atoms with van der Waals surface area (Å²) in [6, 6.07) is 7.83. The van der Waals surface area contributed by atoms with E-state index < -0.39 is 0 Å². The molecule has 2 aromatic rings. The van der Waals surface area contributed by atoms with E-state index in [-0.39, 0.29) is 19.0 Å². The number of hydrogen-bond acceptors (Lipinski definition) is 3. The Morgan fingerprint density at radius 3 is 2.62 bits per heavy atom. The summed E-state index contributed by atoms with van der Waals surface area (Å²) in [6.45, 7) is 0.530. The zero-order chi connectivity index (χ0) is 15.4. The van der Waals surface area contributed by atoms with Crippen molar-refractivity contribution < 1.29 is 13.9 Å². The summed E-state index contributed by atoms with van der Waals surface area (Å²) < 4.78 is 24.8. The van der Waals surface area contributed by atoms with E-state index in [0.717, 1.165) is 11.1 Å². The Hall–Kier alpha value is -1.30. The Bertz CT molecular complexity index is 627. The molecule has 6 heteroatoms. The molecule has 0 bridgehead atoms. The van der Waals surface area contributed by atoms with Crippen LogP contribution in [0, 0.1) is 5.82 Å². The third-order valence-corrected chi connectivity index (χ3v) is 3.88. The number of methoxy groups -OCH3 is 1. The highest BCUT2D eigenvalue weighted by molar-refractivity contribution is 9.10. The summed E-state index contributed by atoms with van der Waals surface area (Å²) in [7, 11) is 1.53. The van der Waals surface area contributed by atoms with Crippen molar-refractivity contribution in [3.63, 3.8) is 0 Å². The summed E-state index contributed by atoms with van der Waals surface area (Å²) in [5.74, 6) is 0.749. The highest BCUT2D eigenvalue weighted by atomic mass is 79.9. The number of halogens is 3. The third-order valence-electron chi connectivity index (χ3n) is 2.92. The Morgan fingerprint density at radius 2 is 2.00 bits per heavy atom. The van der Waals surface area contributed by atoms with Crippen LogP contribution in [0.15, 0.2) is 34.8 Å². The summed E-state index contributed by atoms with van der Waals surface area (Å²) in [6.07, 6.45) is 0. The molecule has 2 aromatic carbocycles. The van der Waals surface area contributed by atoms with Crippen molar-refractivity contribution in [3.05, 3.63) is 56.8 Å². The molecule has 0 radical (unpaired) electrons. The van der Waals surface area contributed by atoms with Crippen LogP contribution >= 0.6 is 27.5 Å². The molecule has 0 aliphatic carbocycles. The van der Waals surface area contributed by atoms with Crippen LogP contribution in [0.3, 0.4) is 0 Å². The van der Waals surface area contributed by atoms with Gasteiger partial charge in [0.1, 0.15) is 12.4 Å². The van der Waals surface area contributed by atoms with Crippen LogP contribution in [-0.4, -0.2) is 7.11 Å². The van der Waals surface area contributed by atoms with Gasteiger partial charge >= 0.3 is 0 Å². The van der Waals surface area contributed by atoms with Gasteiger partial charge in [-0.1, -0.05) is 33.6 Å². The van der Waals surface area contributed by atoms with Gasteiger partial charge in [0.05, 0.1) is 7.11 Å². The smallest absolute Gasteiger partial charge is 0.166 e. The van der Waals surface area contributed by atoms with Gasteiger partial charge < -0.3 is 15.2 Å². The Labute approximate surface area is 135 Å². The maximum absolute atomic E-state index is 13.1. The average Bonchev–Trinajstić information content (AvgIpc) is 2.46. The van der Waals surface area contributed by atoms with Gasteiger partial charge in [-0.25, -0.2) is 4.39 Å². The zero-order valence-corrected chi connectivity index (χ0v) is 13.7. The molecule has 3 nitrogen and oxygen atoms in total. The maximum Gasteiger partial charge on any atom is 0.166 e. The van der Waals surface area contributed by atoms with Crippen LogP contribution in [0.4, 0.5) is 4.39 Å². The maximum atomic E-state index is 13.1. The van der Waals surface area contributed by atoms with Gasteiger partial charge in [0.2, 0.25) is 0 Å². The van der Waals surface area contributed by atoms with Gasteiger partial charge in [-0.05, 0) is 18.2 Å². The van der Waals surface area contributed by atoms with Gasteiger partial charge in [-0.2, -0.15) is 0 Å². The van der Waals surface area contributed by atoms with E-state index in [0.29, 0.717) is 21.0 Å². The van der Waals surface area contributed by atoms with E-state index in [1.54, 1.807) is 18.2 Å². The van der Waals surface area contributed by atoms with Crippen LogP contribution in [-0.2, 0) is 13.2 Å². The molecule has 0 amide bonds. The molecule has 2 N–H and O–H groups in total. The fourth-order valence-electron chi connectivity index (χ4n) is 1.88. The predicted molar refractivity (Wildman–Crippen MR) is 84.3 cm³/mol. The number of ether oxygens (including phenoxy) is 2.